The molecular formula is C22H26N4O3S. The molecule has 2 aromatic rings. The van der Waals surface area contributed by atoms with Gasteiger partial charge in [-0.3, -0.25) is 0 Å². The van der Waals surface area contributed by atoms with E-state index in [1.807, 2.05) is 49.4 Å². The Morgan fingerprint density at radius 3 is 2.40 bits per heavy atom. The number of nitrogens with one attached hydrogen (secondary N) is 2. The number of nitrogens with zero attached hydrogens (tertiary/aromatic N) is 2. The molecule has 0 saturated carbocycles. The topological polar surface area (TPSA) is 76.5 Å². The molecule has 1 aliphatic rings. The second-order valence-corrected chi connectivity index (χ2v) is 7.41. The molecule has 2 N–H and O–H groups in total. The lowest BCUT2D eigenvalue weighted by Gasteiger charge is -2.16. The molecule has 3 rings (SSSR count). The van der Waals surface area contributed by atoms with Gasteiger partial charge in [0.1, 0.15) is 17.2 Å². The summed E-state index contributed by atoms with van der Waals surface area (Å²) >= 11 is 1.50. The molecule has 158 valence electrons. The minimum absolute atomic E-state index is 0.724. The monoisotopic (exact) mass is 426 g/mol. The molecule has 8 heteroatoms. The van der Waals surface area contributed by atoms with Crippen LogP contribution < -0.4 is 24.8 Å². The second kappa shape index (κ2) is 10.6. The van der Waals surface area contributed by atoms with Crippen LogP contribution in [0.15, 0.2) is 64.3 Å². The Labute approximate surface area is 181 Å². The standard InChI is InChI=1S/C22H26N4O3S/c1-15(23-12-11-16-13-19(28-3)9-10-20(16)29-4)14-24-21-26-22(30-21)25-17-5-7-18(27-2)8-6-17/h5-10,13-14,23H,11-12H2,1-4H3,(H,24,25,26)/b15-14-. The summed E-state index contributed by atoms with van der Waals surface area (Å²) in [5.74, 6) is 2.50. The van der Waals surface area contributed by atoms with Crippen molar-refractivity contribution in [1.29, 1.82) is 0 Å². The summed E-state index contributed by atoms with van der Waals surface area (Å²) in [6.07, 6.45) is 2.60. The van der Waals surface area contributed by atoms with Crippen LogP contribution >= 0.6 is 11.8 Å². The third kappa shape index (κ3) is 5.93. The largest absolute Gasteiger partial charge is 0.497 e. The fraction of sp³-hybridized carbons (Fsp3) is 0.273. The zero-order valence-corrected chi connectivity index (χ0v) is 18.4. The van der Waals surface area contributed by atoms with Gasteiger partial charge in [0.2, 0.25) is 0 Å². The highest BCUT2D eigenvalue weighted by atomic mass is 32.2. The molecule has 0 unspecified atom stereocenters. The van der Waals surface area contributed by atoms with Crippen molar-refractivity contribution in [2.24, 2.45) is 9.98 Å². The normalized spacial score (nSPS) is 14.6. The van der Waals surface area contributed by atoms with Crippen LogP contribution in [0.1, 0.15) is 12.5 Å². The van der Waals surface area contributed by atoms with E-state index < -0.39 is 0 Å². The van der Waals surface area contributed by atoms with Crippen molar-refractivity contribution in [2.75, 3.05) is 33.2 Å². The molecule has 1 heterocycles. The van der Waals surface area contributed by atoms with Gasteiger partial charge in [0.05, 0.1) is 21.3 Å². The summed E-state index contributed by atoms with van der Waals surface area (Å²) in [5, 5.41) is 8.14. The van der Waals surface area contributed by atoms with Crippen molar-refractivity contribution in [1.82, 2.24) is 5.32 Å². The molecule has 0 aromatic heterocycles. The van der Waals surface area contributed by atoms with E-state index in [4.69, 9.17) is 14.2 Å². The molecule has 0 bridgehead atoms. The molecule has 2 aromatic carbocycles. The average Bonchev–Trinajstić information content (AvgIpc) is 2.75. The van der Waals surface area contributed by atoms with E-state index in [1.165, 1.54) is 11.8 Å². The van der Waals surface area contributed by atoms with E-state index in [0.717, 1.165) is 57.5 Å². The van der Waals surface area contributed by atoms with E-state index in [0.29, 0.717) is 0 Å². The highest BCUT2D eigenvalue weighted by Gasteiger charge is 2.17. The van der Waals surface area contributed by atoms with Gasteiger partial charge in [-0.15, -0.1) is 0 Å². The van der Waals surface area contributed by atoms with Crippen LogP contribution in [-0.4, -0.2) is 38.2 Å². The molecule has 7 nitrogen and oxygen atoms in total. The van der Waals surface area contributed by atoms with Crippen molar-refractivity contribution < 1.29 is 14.2 Å². The molecule has 0 amide bonds. The molecule has 30 heavy (non-hydrogen) atoms. The number of allylic oxidation sites excluding steroid dienone is 1. The highest BCUT2D eigenvalue weighted by molar-refractivity contribution is 8.29. The number of thioether (sulfide) groups is 1. The molecular weight excluding hydrogens is 400 g/mol. The van der Waals surface area contributed by atoms with Crippen molar-refractivity contribution >= 4 is 27.8 Å². The number of hydrogen-bond acceptors (Lipinski definition) is 7. The number of hydrogen-bond donors (Lipinski definition) is 2. The van der Waals surface area contributed by atoms with Crippen molar-refractivity contribution in [3.63, 3.8) is 0 Å². The number of methoxy groups -OCH3 is 3. The lowest BCUT2D eigenvalue weighted by molar-refractivity contribution is 0.398. The van der Waals surface area contributed by atoms with Gasteiger partial charge in [-0.05, 0) is 73.1 Å². The smallest absolute Gasteiger partial charge is 0.197 e. The molecule has 0 spiro atoms. The van der Waals surface area contributed by atoms with Gasteiger partial charge < -0.3 is 24.8 Å². The maximum atomic E-state index is 5.42. The van der Waals surface area contributed by atoms with Crippen LogP contribution in [0.5, 0.6) is 17.2 Å². The summed E-state index contributed by atoms with van der Waals surface area (Å²) in [6.45, 7) is 2.74. The van der Waals surface area contributed by atoms with E-state index in [2.05, 4.69) is 20.6 Å². The van der Waals surface area contributed by atoms with E-state index in [9.17, 15) is 0 Å². The van der Waals surface area contributed by atoms with Gasteiger partial charge in [0, 0.05) is 24.1 Å². The fourth-order valence-electron chi connectivity index (χ4n) is 2.76. The van der Waals surface area contributed by atoms with Gasteiger partial charge in [-0.2, -0.15) is 4.99 Å². The van der Waals surface area contributed by atoms with Crippen molar-refractivity contribution in [3.05, 3.63) is 59.9 Å². The van der Waals surface area contributed by atoms with E-state index in [1.54, 1.807) is 27.5 Å². The summed E-state index contributed by atoms with van der Waals surface area (Å²) in [6, 6.07) is 13.5. The summed E-state index contributed by atoms with van der Waals surface area (Å²) in [4.78, 5) is 8.78. The van der Waals surface area contributed by atoms with E-state index in [-0.39, 0.29) is 0 Å². The first-order chi connectivity index (χ1) is 14.6. The number of benzene rings is 2. The third-order valence-electron chi connectivity index (χ3n) is 4.38. The Morgan fingerprint density at radius 1 is 1.03 bits per heavy atom. The Morgan fingerprint density at radius 2 is 1.73 bits per heavy atom. The quantitative estimate of drug-likeness (QED) is 0.623. The van der Waals surface area contributed by atoms with Crippen LogP contribution in [0.4, 0.5) is 5.69 Å². The van der Waals surface area contributed by atoms with Crippen LogP contribution in [-0.2, 0) is 6.42 Å². The van der Waals surface area contributed by atoms with Crippen molar-refractivity contribution in [2.45, 2.75) is 13.3 Å². The predicted octanol–water partition coefficient (Wildman–Crippen LogP) is 4.28. The second-order valence-electron chi connectivity index (χ2n) is 6.45. The number of amidine groups is 2. The van der Waals surface area contributed by atoms with Gasteiger partial charge in [-0.1, -0.05) is 0 Å². The molecule has 0 atom stereocenters. The van der Waals surface area contributed by atoms with Crippen LogP contribution in [0.3, 0.4) is 0 Å². The average molecular weight is 427 g/mol. The molecule has 0 radical (unpaired) electrons. The van der Waals surface area contributed by atoms with E-state index >= 15 is 0 Å². The van der Waals surface area contributed by atoms with Crippen molar-refractivity contribution in [3.8, 4) is 17.2 Å². The summed E-state index contributed by atoms with van der Waals surface area (Å²) < 4.78 is 15.9. The zero-order valence-electron chi connectivity index (χ0n) is 17.6. The zero-order chi connectivity index (χ0) is 21.3. The Balaban J connectivity index is 1.47. The molecule has 0 fully saturated rings. The molecule has 0 saturated heterocycles. The lowest BCUT2D eigenvalue weighted by Crippen LogP contribution is -2.19. The van der Waals surface area contributed by atoms with Gasteiger partial charge in [0.15, 0.2) is 10.3 Å². The highest BCUT2D eigenvalue weighted by Crippen LogP contribution is 2.25. The SMILES string of the molecule is COc1ccc(NC2=NC(=N/C=C(/C)NCCc3cc(OC)ccc3OC)S2)cc1. The maximum absolute atomic E-state index is 5.42. The number of aliphatic imine (C=N–C) groups is 2. The van der Waals surface area contributed by atoms with Crippen LogP contribution in [0.2, 0.25) is 0 Å². The van der Waals surface area contributed by atoms with Crippen LogP contribution in [0.25, 0.3) is 0 Å². The van der Waals surface area contributed by atoms with Crippen LogP contribution in [0, 0.1) is 0 Å². The molecule has 0 aliphatic carbocycles. The summed E-state index contributed by atoms with van der Waals surface area (Å²) in [7, 11) is 4.99. The third-order valence-corrected chi connectivity index (χ3v) is 5.15. The Bertz CT molecular complexity index is 955. The number of anilines is 1. The Hall–Kier alpha value is -3.13. The minimum atomic E-state index is 0.724. The first kappa shape index (κ1) is 21.6. The minimum Gasteiger partial charge on any atom is -0.497 e. The van der Waals surface area contributed by atoms with Gasteiger partial charge in [0.25, 0.3) is 0 Å². The Kier molecular flexibility index (Phi) is 7.62. The fourth-order valence-corrected chi connectivity index (χ4v) is 3.34. The van der Waals surface area contributed by atoms with Gasteiger partial charge in [-0.25, -0.2) is 4.99 Å². The molecule has 1 aliphatic heterocycles. The maximum Gasteiger partial charge on any atom is 0.197 e. The number of rotatable bonds is 9. The summed E-state index contributed by atoms with van der Waals surface area (Å²) in [5.41, 5.74) is 3.02. The first-order valence-electron chi connectivity index (χ1n) is 9.48. The van der Waals surface area contributed by atoms with Gasteiger partial charge >= 0.3 is 0 Å². The lowest BCUT2D eigenvalue weighted by atomic mass is 10.1. The predicted molar refractivity (Wildman–Crippen MR) is 124 cm³/mol. The number of ether oxygens (including phenoxy) is 3. The first-order valence-corrected chi connectivity index (χ1v) is 10.3.